The average molecular weight is 510 g/mol. The van der Waals surface area contributed by atoms with Crippen LogP contribution < -0.4 is 5.69 Å². The second-order valence-electron chi connectivity index (χ2n) is 8.15. The molecule has 1 atom stereocenters. The van der Waals surface area contributed by atoms with Crippen molar-refractivity contribution in [3.63, 3.8) is 0 Å². The number of benzene rings is 2. The van der Waals surface area contributed by atoms with E-state index in [0.29, 0.717) is 33.7 Å². The van der Waals surface area contributed by atoms with E-state index in [1.165, 1.54) is 0 Å². The molecule has 0 fully saturated rings. The van der Waals surface area contributed by atoms with E-state index in [2.05, 4.69) is 15.0 Å². The van der Waals surface area contributed by atoms with Crippen molar-refractivity contribution in [2.75, 3.05) is 7.11 Å². The molecule has 34 heavy (non-hydrogen) atoms. The standard InChI is InChI=1S/C24H23Cl2F2N3O3/c1-13-11-15(7-9-17(13)25)20-29-21(31-22(33)30-20)16-12-14(5-8-18(16)26)6-10-19(32)23(2,34-4)24(3,27)28/h5,7-9,11-12H,6,10H2,1-4H3,(H,29,30,31,33)/t23-/m1/s1. The van der Waals surface area contributed by atoms with Gasteiger partial charge < -0.3 is 4.74 Å². The highest BCUT2D eigenvalue weighted by molar-refractivity contribution is 6.33. The molecule has 0 radical (unpaired) electrons. The van der Waals surface area contributed by atoms with Gasteiger partial charge in [0.2, 0.25) is 0 Å². The molecule has 0 bridgehead atoms. The predicted octanol–water partition coefficient (Wildman–Crippen LogP) is 5.68. The van der Waals surface area contributed by atoms with Crippen LogP contribution in [0.3, 0.4) is 0 Å². The number of H-pyrrole nitrogens is 1. The number of methoxy groups -OCH3 is 1. The first kappa shape index (κ1) is 25.9. The molecule has 180 valence electrons. The molecule has 2 aromatic carbocycles. The average Bonchev–Trinajstić information content (AvgIpc) is 2.78. The number of carbonyl (C=O) groups is 1. The van der Waals surface area contributed by atoms with Crippen molar-refractivity contribution >= 4 is 29.0 Å². The van der Waals surface area contributed by atoms with E-state index in [1.54, 1.807) is 36.4 Å². The number of carbonyl (C=O) groups excluding carboxylic acids is 1. The zero-order valence-electron chi connectivity index (χ0n) is 19.0. The lowest BCUT2D eigenvalue weighted by Crippen LogP contribution is -2.51. The Hall–Kier alpha value is -2.68. The summed E-state index contributed by atoms with van der Waals surface area (Å²) in [5.74, 6) is -3.70. The maximum Gasteiger partial charge on any atom is 0.348 e. The van der Waals surface area contributed by atoms with E-state index in [4.69, 9.17) is 27.9 Å². The smallest absolute Gasteiger partial charge is 0.348 e. The fourth-order valence-electron chi connectivity index (χ4n) is 3.37. The van der Waals surface area contributed by atoms with Gasteiger partial charge in [0, 0.05) is 36.6 Å². The molecule has 10 heteroatoms. The maximum absolute atomic E-state index is 13.9. The Balaban J connectivity index is 1.92. The molecular weight excluding hydrogens is 487 g/mol. The molecule has 0 amide bonds. The first-order valence-corrected chi connectivity index (χ1v) is 11.1. The number of aromatic amines is 1. The third kappa shape index (κ3) is 5.35. The molecule has 0 saturated carbocycles. The Morgan fingerprint density at radius 1 is 1.09 bits per heavy atom. The van der Waals surface area contributed by atoms with Gasteiger partial charge in [-0.05, 0) is 61.7 Å². The monoisotopic (exact) mass is 509 g/mol. The number of rotatable bonds is 8. The van der Waals surface area contributed by atoms with Gasteiger partial charge in [0.15, 0.2) is 17.2 Å². The van der Waals surface area contributed by atoms with Crippen molar-refractivity contribution in [3.05, 3.63) is 68.1 Å². The molecule has 0 unspecified atom stereocenters. The van der Waals surface area contributed by atoms with E-state index in [0.717, 1.165) is 19.6 Å². The third-order valence-electron chi connectivity index (χ3n) is 5.77. The number of ether oxygens (including phenoxy) is 1. The summed E-state index contributed by atoms with van der Waals surface area (Å²) >= 11 is 12.4. The molecule has 0 saturated heterocycles. The van der Waals surface area contributed by atoms with Gasteiger partial charge in [-0.15, -0.1) is 0 Å². The van der Waals surface area contributed by atoms with Gasteiger partial charge in [-0.1, -0.05) is 29.3 Å². The van der Waals surface area contributed by atoms with Crippen LogP contribution in [-0.4, -0.2) is 39.4 Å². The number of nitrogens with zero attached hydrogens (tertiary/aromatic N) is 2. The summed E-state index contributed by atoms with van der Waals surface area (Å²) in [5.41, 5.74) is -0.389. The van der Waals surface area contributed by atoms with Crippen molar-refractivity contribution in [1.29, 1.82) is 0 Å². The first-order valence-electron chi connectivity index (χ1n) is 10.4. The third-order valence-corrected chi connectivity index (χ3v) is 6.52. The van der Waals surface area contributed by atoms with Crippen molar-refractivity contribution in [2.45, 2.75) is 45.1 Å². The van der Waals surface area contributed by atoms with Gasteiger partial charge in [-0.3, -0.25) is 9.78 Å². The Morgan fingerprint density at radius 3 is 2.38 bits per heavy atom. The summed E-state index contributed by atoms with van der Waals surface area (Å²) in [6, 6.07) is 10.1. The van der Waals surface area contributed by atoms with Crippen molar-refractivity contribution in [2.24, 2.45) is 0 Å². The lowest BCUT2D eigenvalue weighted by molar-refractivity contribution is -0.187. The van der Waals surface area contributed by atoms with Crippen LogP contribution in [0.2, 0.25) is 10.0 Å². The lowest BCUT2D eigenvalue weighted by Gasteiger charge is -2.32. The Kier molecular flexibility index (Phi) is 7.55. The summed E-state index contributed by atoms with van der Waals surface area (Å²) in [6.45, 7) is 3.55. The highest BCUT2D eigenvalue weighted by atomic mass is 35.5. The van der Waals surface area contributed by atoms with Crippen molar-refractivity contribution < 1.29 is 18.3 Å². The number of nitrogens with one attached hydrogen (secondary N) is 1. The number of halogens is 4. The quantitative estimate of drug-likeness (QED) is 0.422. The van der Waals surface area contributed by atoms with Crippen LogP contribution in [0, 0.1) is 6.92 Å². The second-order valence-corrected chi connectivity index (χ2v) is 8.97. The minimum Gasteiger partial charge on any atom is -0.364 e. The predicted molar refractivity (Wildman–Crippen MR) is 128 cm³/mol. The minimum absolute atomic E-state index is 0.163. The van der Waals surface area contributed by atoms with E-state index in [1.807, 2.05) is 6.92 Å². The summed E-state index contributed by atoms with van der Waals surface area (Å²) in [5, 5.41) is 0.883. The van der Waals surface area contributed by atoms with E-state index < -0.39 is 23.0 Å². The molecule has 6 nitrogen and oxygen atoms in total. The van der Waals surface area contributed by atoms with Crippen LogP contribution in [0.25, 0.3) is 22.8 Å². The highest BCUT2D eigenvalue weighted by Crippen LogP contribution is 2.34. The van der Waals surface area contributed by atoms with Gasteiger partial charge >= 0.3 is 5.69 Å². The number of aryl methyl sites for hydroxylation is 2. The summed E-state index contributed by atoms with van der Waals surface area (Å²) in [6.07, 6.45) is -0.0129. The Bertz CT molecular complexity index is 1290. The number of Topliss-reactive ketones (excluding diaryl/α,β-unsaturated/α-hetero) is 1. The summed E-state index contributed by atoms with van der Waals surface area (Å²) < 4.78 is 32.7. The summed E-state index contributed by atoms with van der Waals surface area (Å²) in [7, 11) is 1.08. The Labute approximate surface area is 205 Å². The zero-order chi connectivity index (χ0) is 25.3. The van der Waals surface area contributed by atoms with E-state index >= 15 is 0 Å². The molecule has 0 aliphatic carbocycles. The first-order chi connectivity index (χ1) is 15.9. The number of aromatic nitrogens is 3. The molecule has 3 rings (SSSR count). The highest BCUT2D eigenvalue weighted by Gasteiger charge is 2.51. The van der Waals surface area contributed by atoms with Crippen LogP contribution in [0.4, 0.5) is 8.78 Å². The fraction of sp³-hybridized carbons (Fsp3) is 0.333. The van der Waals surface area contributed by atoms with Gasteiger partial charge in [-0.25, -0.2) is 18.6 Å². The molecule has 0 aliphatic rings. The van der Waals surface area contributed by atoms with Crippen LogP contribution in [-0.2, 0) is 16.0 Å². The zero-order valence-corrected chi connectivity index (χ0v) is 20.5. The summed E-state index contributed by atoms with van der Waals surface area (Å²) in [4.78, 5) is 35.7. The van der Waals surface area contributed by atoms with Gasteiger partial charge in [0.1, 0.15) is 5.82 Å². The van der Waals surface area contributed by atoms with Gasteiger partial charge in [0.25, 0.3) is 5.92 Å². The van der Waals surface area contributed by atoms with Gasteiger partial charge in [-0.2, -0.15) is 4.98 Å². The molecule has 0 spiro atoms. The maximum atomic E-state index is 13.9. The molecule has 1 N–H and O–H groups in total. The number of alkyl halides is 2. The van der Waals surface area contributed by atoms with Crippen molar-refractivity contribution in [1.82, 2.24) is 15.0 Å². The Morgan fingerprint density at radius 2 is 1.76 bits per heavy atom. The fourth-order valence-corrected chi connectivity index (χ4v) is 3.69. The molecule has 1 aromatic heterocycles. The van der Waals surface area contributed by atoms with Gasteiger partial charge in [0.05, 0.1) is 5.02 Å². The van der Waals surface area contributed by atoms with Crippen LogP contribution in [0.15, 0.2) is 41.2 Å². The second kappa shape index (κ2) is 9.90. The molecule has 1 heterocycles. The number of hydrogen-bond acceptors (Lipinski definition) is 5. The number of hydrogen-bond donors (Lipinski definition) is 1. The number of ketones is 1. The SMILES string of the molecule is CO[C@](C)(C(=O)CCc1ccc(Cl)c(-c2nc(-c3ccc(Cl)c(C)c3)nc(=O)[nH]2)c1)C(C)(F)F. The largest absolute Gasteiger partial charge is 0.364 e. The molecular formula is C24H23Cl2F2N3O3. The van der Waals surface area contributed by atoms with Crippen molar-refractivity contribution in [3.8, 4) is 22.8 Å². The normalized spacial score (nSPS) is 13.5. The topological polar surface area (TPSA) is 84.9 Å². The molecule has 3 aromatic rings. The van der Waals surface area contributed by atoms with Crippen LogP contribution in [0.5, 0.6) is 0 Å². The molecule has 0 aliphatic heterocycles. The lowest BCUT2D eigenvalue weighted by atomic mass is 9.89. The minimum atomic E-state index is -3.35. The van der Waals surface area contributed by atoms with Crippen LogP contribution in [0.1, 0.15) is 31.4 Å². The van der Waals surface area contributed by atoms with E-state index in [-0.39, 0.29) is 24.5 Å². The van der Waals surface area contributed by atoms with Crippen LogP contribution >= 0.6 is 23.2 Å². The van der Waals surface area contributed by atoms with E-state index in [9.17, 15) is 18.4 Å².